The highest BCUT2D eigenvalue weighted by Gasteiger charge is 2.21. The maximum absolute atomic E-state index is 11.4. The van der Waals surface area contributed by atoms with Gasteiger partial charge in [-0.3, -0.25) is 14.4 Å². The Bertz CT molecular complexity index is 443. The van der Waals surface area contributed by atoms with Gasteiger partial charge in [-0.15, -0.1) is 0 Å². The lowest BCUT2D eigenvalue weighted by Crippen LogP contribution is -2.23. The van der Waals surface area contributed by atoms with E-state index in [1.165, 1.54) is 20.8 Å². The third-order valence-corrected chi connectivity index (χ3v) is 4.29. The largest absolute Gasteiger partial charge is 0.466 e. The molecule has 0 aromatic heterocycles. The first-order valence-electron chi connectivity index (χ1n) is 9.46. The Labute approximate surface area is 155 Å². The second-order valence-corrected chi connectivity index (χ2v) is 6.73. The van der Waals surface area contributed by atoms with Crippen molar-refractivity contribution in [2.75, 3.05) is 13.2 Å². The highest BCUT2D eigenvalue weighted by atomic mass is 16.6. The van der Waals surface area contributed by atoms with Crippen molar-refractivity contribution in [1.29, 1.82) is 0 Å². The fraction of sp³-hybridized carbons (Fsp3) is 0.842. The molecule has 0 aromatic rings. The molecule has 3 unspecified atom stereocenters. The molecule has 0 radical (unpaired) electrons. The van der Waals surface area contributed by atoms with Crippen LogP contribution in [-0.4, -0.2) is 49.4 Å². The second kappa shape index (κ2) is 12.7. The summed E-state index contributed by atoms with van der Waals surface area (Å²) in [5, 5.41) is 0. The first kappa shape index (κ1) is 22.4. The van der Waals surface area contributed by atoms with Crippen molar-refractivity contribution in [2.24, 2.45) is 0 Å². The Hall–Kier alpha value is -1.63. The average Bonchev–Trinajstić information content (AvgIpc) is 3.06. The molecule has 26 heavy (non-hydrogen) atoms. The minimum absolute atomic E-state index is 0.205. The molecule has 1 rings (SSSR count). The summed E-state index contributed by atoms with van der Waals surface area (Å²) < 4.78 is 21.3. The van der Waals surface area contributed by atoms with Crippen molar-refractivity contribution >= 4 is 17.9 Å². The van der Waals surface area contributed by atoms with Crippen LogP contribution < -0.4 is 0 Å². The number of ether oxygens (including phenoxy) is 4. The molecule has 0 aliphatic carbocycles. The summed E-state index contributed by atoms with van der Waals surface area (Å²) in [6, 6.07) is 0. The number of hydrogen-bond acceptors (Lipinski definition) is 7. The predicted octanol–water partition coefficient (Wildman–Crippen LogP) is 2.93. The van der Waals surface area contributed by atoms with Crippen molar-refractivity contribution < 1.29 is 33.3 Å². The Morgan fingerprint density at radius 1 is 0.923 bits per heavy atom. The van der Waals surface area contributed by atoms with E-state index in [0.717, 1.165) is 32.3 Å². The van der Waals surface area contributed by atoms with E-state index in [1.54, 1.807) is 0 Å². The number of rotatable bonds is 12. The van der Waals surface area contributed by atoms with Gasteiger partial charge in [0.05, 0.1) is 12.7 Å². The minimum Gasteiger partial charge on any atom is -0.466 e. The number of esters is 3. The monoisotopic (exact) mass is 372 g/mol. The average molecular weight is 372 g/mol. The van der Waals surface area contributed by atoms with Gasteiger partial charge in [0.1, 0.15) is 12.2 Å². The van der Waals surface area contributed by atoms with Crippen molar-refractivity contribution in [3.8, 4) is 0 Å². The molecule has 150 valence electrons. The van der Waals surface area contributed by atoms with Gasteiger partial charge in [-0.1, -0.05) is 0 Å². The molecule has 0 saturated carbocycles. The third-order valence-electron chi connectivity index (χ3n) is 4.29. The molecule has 0 amide bonds. The highest BCUT2D eigenvalue weighted by molar-refractivity contribution is 5.66. The summed E-state index contributed by atoms with van der Waals surface area (Å²) in [4.78, 5) is 33.5. The normalized spacial score (nSPS) is 18.8. The summed E-state index contributed by atoms with van der Waals surface area (Å²) in [5.74, 6) is -0.967. The Morgan fingerprint density at radius 2 is 1.54 bits per heavy atom. The van der Waals surface area contributed by atoms with Gasteiger partial charge in [0.15, 0.2) is 0 Å². The van der Waals surface area contributed by atoms with Crippen LogP contribution in [0, 0.1) is 0 Å². The predicted molar refractivity (Wildman–Crippen MR) is 94.4 cm³/mol. The molecule has 1 aliphatic rings. The van der Waals surface area contributed by atoms with Crippen LogP contribution in [0.2, 0.25) is 0 Å². The molecule has 0 aromatic carbocycles. The van der Waals surface area contributed by atoms with Crippen LogP contribution in [0.15, 0.2) is 0 Å². The van der Waals surface area contributed by atoms with E-state index in [4.69, 9.17) is 18.9 Å². The molecule has 3 atom stereocenters. The summed E-state index contributed by atoms with van der Waals surface area (Å²) in [5.41, 5.74) is 0. The smallest absolute Gasteiger partial charge is 0.302 e. The van der Waals surface area contributed by atoms with Gasteiger partial charge in [0.25, 0.3) is 0 Å². The van der Waals surface area contributed by atoms with Crippen LogP contribution in [0.1, 0.15) is 72.1 Å². The van der Waals surface area contributed by atoms with E-state index in [2.05, 4.69) is 0 Å². The van der Waals surface area contributed by atoms with Crippen molar-refractivity contribution in [3.63, 3.8) is 0 Å². The van der Waals surface area contributed by atoms with Gasteiger partial charge in [-0.25, -0.2) is 0 Å². The van der Waals surface area contributed by atoms with Crippen molar-refractivity contribution in [2.45, 2.75) is 90.4 Å². The molecule has 0 bridgehead atoms. The number of carbonyl (C=O) groups is 3. The first-order valence-corrected chi connectivity index (χ1v) is 9.46. The van der Waals surface area contributed by atoms with Crippen LogP contribution >= 0.6 is 0 Å². The van der Waals surface area contributed by atoms with Crippen LogP contribution in [0.25, 0.3) is 0 Å². The van der Waals surface area contributed by atoms with Crippen molar-refractivity contribution in [1.82, 2.24) is 0 Å². The van der Waals surface area contributed by atoms with Gasteiger partial charge >= 0.3 is 17.9 Å². The summed E-state index contributed by atoms with van der Waals surface area (Å²) in [6.07, 6.45) is 5.96. The molecule has 0 spiro atoms. The van der Waals surface area contributed by atoms with Gasteiger partial charge in [0, 0.05) is 27.4 Å². The molecule has 7 heteroatoms. The molecule has 1 heterocycles. The molecular weight excluding hydrogens is 340 g/mol. The number of hydrogen-bond donors (Lipinski definition) is 0. The fourth-order valence-corrected chi connectivity index (χ4v) is 3.14. The van der Waals surface area contributed by atoms with Crippen LogP contribution in [0.5, 0.6) is 0 Å². The first-order chi connectivity index (χ1) is 12.4. The van der Waals surface area contributed by atoms with Crippen LogP contribution in [0.3, 0.4) is 0 Å². The van der Waals surface area contributed by atoms with Gasteiger partial charge in [-0.2, -0.15) is 0 Å². The third kappa shape index (κ3) is 11.1. The summed E-state index contributed by atoms with van der Waals surface area (Å²) in [7, 11) is 0. The molecule has 1 saturated heterocycles. The highest BCUT2D eigenvalue weighted by Crippen LogP contribution is 2.22. The van der Waals surface area contributed by atoms with Gasteiger partial charge < -0.3 is 18.9 Å². The van der Waals surface area contributed by atoms with E-state index in [9.17, 15) is 14.4 Å². The van der Waals surface area contributed by atoms with Crippen LogP contribution in [-0.2, 0) is 33.3 Å². The standard InChI is InChI=1S/C19H32O7/c1-14(20)23-12-5-7-18(25-15(2)21)10-11-19(26-16(3)22)9-8-17-6-4-13-24-17/h17-19H,4-13H2,1-3H3. The SMILES string of the molecule is CC(=O)OCCCC(CCC(CCC1CCCO1)OC(C)=O)OC(C)=O. The molecule has 1 aliphatic heterocycles. The zero-order valence-corrected chi connectivity index (χ0v) is 16.2. The topological polar surface area (TPSA) is 88.1 Å². The maximum Gasteiger partial charge on any atom is 0.302 e. The van der Waals surface area contributed by atoms with Crippen LogP contribution in [0.4, 0.5) is 0 Å². The fourth-order valence-electron chi connectivity index (χ4n) is 3.14. The van der Waals surface area contributed by atoms with E-state index in [-0.39, 0.29) is 36.2 Å². The minimum atomic E-state index is -0.342. The lowest BCUT2D eigenvalue weighted by molar-refractivity contribution is -0.151. The molecule has 0 N–H and O–H groups in total. The second-order valence-electron chi connectivity index (χ2n) is 6.73. The zero-order chi connectivity index (χ0) is 19.4. The quantitative estimate of drug-likeness (QED) is 0.296. The van der Waals surface area contributed by atoms with Gasteiger partial charge in [0.2, 0.25) is 0 Å². The Morgan fingerprint density at radius 3 is 2.04 bits per heavy atom. The van der Waals surface area contributed by atoms with E-state index in [1.807, 2.05) is 0 Å². The van der Waals surface area contributed by atoms with E-state index in [0.29, 0.717) is 32.3 Å². The van der Waals surface area contributed by atoms with Crippen molar-refractivity contribution in [3.05, 3.63) is 0 Å². The molecule has 1 fully saturated rings. The molecule has 7 nitrogen and oxygen atoms in total. The zero-order valence-electron chi connectivity index (χ0n) is 16.2. The lowest BCUT2D eigenvalue weighted by atomic mass is 10.0. The Balaban J connectivity index is 2.42. The summed E-state index contributed by atoms with van der Waals surface area (Å²) in [6.45, 7) is 5.25. The molecular formula is C19H32O7. The van der Waals surface area contributed by atoms with E-state index >= 15 is 0 Å². The lowest BCUT2D eigenvalue weighted by Gasteiger charge is -2.22. The number of carbonyl (C=O) groups excluding carboxylic acids is 3. The maximum atomic E-state index is 11.4. The Kier molecular flexibility index (Phi) is 10.9. The van der Waals surface area contributed by atoms with Gasteiger partial charge in [-0.05, 0) is 51.4 Å². The van der Waals surface area contributed by atoms with E-state index < -0.39 is 0 Å². The summed E-state index contributed by atoms with van der Waals surface area (Å²) >= 11 is 0.